The number of nitrogens with zero attached hydrogens (tertiary/aromatic N) is 1. The van der Waals surface area contributed by atoms with Gasteiger partial charge in [-0.05, 0) is 49.4 Å². The second-order valence-corrected chi connectivity index (χ2v) is 7.35. The van der Waals surface area contributed by atoms with Crippen molar-refractivity contribution in [3.05, 3.63) is 35.9 Å². The van der Waals surface area contributed by atoms with Crippen molar-refractivity contribution < 1.29 is 0 Å². The van der Waals surface area contributed by atoms with Crippen LogP contribution in [0.1, 0.15) is 52.1 Å². The van der Waals surface area contributed by atoms with Crippen molar-refractivity contribution in [1.29, 1.82) is 0 Å². The van der Waals surface area contributed by atoms with Crippen LogP contribution < -0.4 is 5.32 Å². The van der Waals surface area contributed by atoms with Gasteiger partial charge >= 0.3 is 0 Å². The molecule has 1 heterocycles. The molecule has 1 atom stereocenters. The standard InChI is InChI=1S/C19H32N2/c1-5-20-18(17-9-7-6-8-10-17)19(3,4)15-21-13-11-16(2)12-14-21/h6-10,16,18,20H,5,11-15H2,1-4H3. The SMILES string of the molecule is CCNC(c1ccccc1)C(C)(C)CN1CCC(C)CC1. The molecular formula is C19H32N2. The molecule has 1 N–H and O–H groups in total. The average Bonchev–Trinajstić information content (AvgIpc) is 2.48. The summed E-state index contributed by atoms with van der Waals surface area (Å²) in [4.78, 5) is 2.66. The highest BCUT2D eigenvalue weighted by molar-refractivity contribution is 5.21. The minimum absolute atomic E-state index is 0.234. The van der Waals surface area contributed by atoms with Crippen molar-refractivity contribution in [3.8, 4) is 0 Å². The van der Waals surface area contributed by atoms with Crippen LogP contribution in [0.3, 0.4) is 0 Å². The van der Waals surface area contributed by atoms with E-state index in [2.05, 4.69) is 68.2 Å². The Morgan fingerprint density at radius 2 is 1.81 bits per heavy atom. The van der Waals surface area contributed by atoms with E-state index in [1.54, 1.807) is 0 Å². The summed E-state index contributed by atoms with van der Waals surface area (Å²) in [6.07, 6.45) is 2.71. The number of likely N-dealkylation sites (tertiary alicyclic amines) is 1. The molecule has 2 nitrogen and oxygen atoms in total. The molecule has 0 bridgehead atoms. The fourth-order valence-corrected chi connectivity index (χ4v) is 3.58. The van der Waals surface area contributed by atoms with Crippen molar-refractivity contribution in [2.24, 2.45) is 11.3 Å². The molecule has 1 fully saturated rings. The highest BCUT2D eigenvalue weighted by Gasteiger charge is 2.32. The normalized spacial score (nSPS) is 19.6. The Morgan fingerprint density at radius 1 is 1.19 bits per heavy atom. The second kappa shape index (κ2) is 7.42. The van der Waals surface area contributed by atoms with E-state index in [-0.39, 0.29) is 5.41 Å². The smallest absolute Gasteiger partial charge is 0.0384 e. The van der Waals surface area contributed by atoms with Crippen molar-refractivity contribution in [2.45, 2.75) is 46.6 Å². The molecule has 1 aromatic rings. The predicted molar refractivity (Wildman–Crippen MR) is 91.5 cm³/mol. The zero-order chi connectivity index (χ0) is 15.3. The number of rotatable bonds is 6. The molecule has 1 aromatic carbocycles. The van der Waals surface area contributed by atoms with Crippen molar-refractivity contribution >= 4 is 0 Å². The highest BCUT2D eigenvalue weighted by atomic mass is 15.1. The third-order valence-corrected chi connectivity index (χ3v) is 4.83. The van der Waals surface area contributed by atoms with Crippen LogP contribution in [0.2, 0.25) is 0 Å². The van der Waals surface area contributed by atoms with Crippen molar-refractivity contribution in [2.75, 3.05) is 26.2 Å². The van der Waals surface area contributed by atoms with Crippen molar-refractivity contribution in [3.63, 3.8) is 0 Å². The summed E-state index contributed by atoms with van der Waals surface area (Å²) in [5, 5.41) is 3.71. The monoisotopic (exact) mass is 288 g/mol. The third-order valence-electron chi connectivity index (χ3n) is 4.83. The molecule has 1 saturated heterocycles. The van der Waals surface area contributed by atoms with Crippen LogP contribution in [-0.2, 0) is 0 Å². The van der Waals surface area contributed by atoms with E-state index < -0.39 is 0 Å². The molecule has 0 saturated carbocycles. The first-order valence-corrected chi connectivity index (χ1v) is 8.53. The molecule has 1 unspecified atom stereocenters. The van der Waals surface area contributed by atoms with Gasteiger partial charge in [0.05, 0.1) is 0 Å². The van der Waals surface area contributed by atoms with E-state index in [9.17, 15) is 0 Å². The van der Waals surface area contributed by atoms with Gasteiger partial charge in [-0.2, -0.15) is 0 Å². The molecule has 118 valence electrons. The first-order valence-electron chi connectivity index (χ1n) is 8.53. The summed E-state index contributed by atoms with van der Waals surface area (Å²) in [5.41, 5.74) is 1.65. The number of nitrogens with one attached hydrogen (secondary N) is 1. The minimum Gasteiger partial charge on any atom is -0.310 e. The molecule has 2 heteroatoms. The van der Waals surface area contributed by atoms with Crippen LogP contribution in [0, 0.1) is 11.3 Å². The molecule has 0 spiro atoms. The molecule has 1 aliphatic rings. The summed E-state index contributed by atoms with van der Waals surface area (Å²) in [6.45, 7) is 14.1. The molecule has 2 rings (SSSR count). The lowest BCUT2D eigenvalue weighted by Gasteiger charge is -2.41. The molecule has 21 heavy (non-hydrogen) atoms. The Hall–Kier alpha value is -0.860. The molecule has 0 aliphatic carbocycles. The van der Waals surface area contributed by atoms with E-state index in [0.29, 0.717) is 6.04 Å². The maximum atomic E-state index is 3.71. The van der Waals surface area contributed by atoms with Crippen LogP contribution in [0.5, 0.6) is 0 Å². The number of hydrogen-bond donors (Lipinski definition) is 1. The van der Waals surface area contributed by atoms with Gasteiger partial charge in [-0.25, -0.2) is 0 Å². The maximum Gasteiger partial charge on any atom is 0.0384 e. The van der Waals surface area contributed by atoms with Gasteiger partial charge in [0.2, 0.25) is 0 Å². The summed E-state index contributed by atoms with van der Waals surface area (Å²) in [7, 11) is 0. The van der Waals surface area contributed by atoms with Gasteiger partial charge < -0.3 is 10.2 Å². The first kappa shape index (κ1) is 16.5. The van der Waals surface area contributed by atoms with Gasteiger partial charge in [-0.3, -0.25) is 0 Å². The van der Waals surface area contributed by atoms with Gasteiger partial charge in [0.1, 0.15) is 0 Å². The molecule has 0 amide bonds. The summed E-state index contributed by atoms with van der Waals surface area (Å²) in [5.74, 6) is 0.906. The van der Waals surface area contributed by atoms with Gasteiger partial charge in [-0.1, -0.05) is 58.0 Å². The summed E-state index contributed by atoms with van der Waals surface area (Å²) in [6, 6.07) is 11.3. The van der Waals surface area contributed by atoms with E-state index in [1.165, 1.54) is 38.0 Å². The third kappa shape index (κ3) is 4.55. The predicted octanol–water partition coefficient (Wildman–Crippen LogP) is 4.10. The van der Waals surface area contributed by atoms with Crippen LogP contribution in [-0.4, -0.2) is 31.1 Å². The van der Waals surface area contributed by atoms with Gasteiger partial charge in [0.25, 0.3) is 0 Å². The quantitative estimate of drug-likeness (QED) is 0.848. The number of piperidine rings is 1. The lowest BCUT2D eigenvalue weighted by atomic mass is 9.79. The lowest BCUT2D eigenvalue weighted by Crippen LogP contribution is -2.45. The largest absolute Gasteiger partial charge is 0.310 e. The van der Waals surface area contributed by atoms with E-state index >= 15 is 0 Å². The highest BCUT2D eigenvalue weighted by Crippen LogP contribution is 2.35. The Balaban J connectivity index is 2.06. The van der Waals surface area contributed by atoms with Gasteiger partial charge in [0.15, 0.2) is 0 Å². The topological polar surface area (TPSA) is 15.3 Å². The van der Waals surface area contributed by atoms with Crippen molar-refractivity contribution in [1.82, 2.24) is 10.2 Å². The number of hydrogen-bond acceptors (Lipinski definition) is 2. The fraction of sp³-hybridized carbons (Fsp3) is 0.684. The Bertz CT molecular complexity index is 405. The Labute approximate surface area is 130 Å². The van der Waals surface area contributed by atoms with Crippen LogP contribution >= 0.6 is 0 Å². The first-order chi connectivity index (χ1) is 10.0. The summed E-state index contributed by atoms with van der Waals surface area (Å²) < 4.78 is 0. The molecular weight excluding hydrogens is 256 g/mol. The van der Waals surface area contributed by atoms with E-state index in [1.807, 2.05) is 0 Å². The van der Waals surface area contributed by atoms with Crippen LogP contribution in [0.15, 0.2) is 30.3 Å². The molecule has 1 aliphatic heterocycles. The second-order valence-electron chi connectivity index (χ2n) is 7.35. The minimum atomic E-state index is 0.234. The van der Waals surface area contributed by atoms with Crippen LogP contribution in [0.4, 0.5) is 0 Å². The lowest BCUT2D eigenvalue weighted by molar-refractivity contribution is 0.106. The average molecular weight is 288 g/mol. The zero-order valence-corrected chi connectivity index (χ0v) is 14.2. The van der Waals surface area contributed by atoms with E-state index in [4.69, 9.17) is 0 Å². The molecule has 0 radical (unpaired) electrons. The fourth-order valence-electron chi connectivity index (χ4n) is 3.58. The maximum absolute atomic E-state index is 3.71. The Kier molecular flexibility index (Phi) is 5.83. The van der Waals surface area contributed by atoms with Crippen LogP contribution in [0.25, 0.3) is 0 Å². The van der Waals surface area contributed by atoms with Gasteiger partial charge in [-0.15, -0.1) is 0 Å². The number of benzene rings is 1. The molecule has 0 aromatic heterocycles. The summed E-state index contributed by atoms with van der Waals surface area (Å²) >= 11 is 0. The Morgan fingerprint density at radius 3 is 2.38 bits per heavy atom. The zero-order valence-electron chi connectivity index (χ0n) is 14.2. The van der Waals surface area contributed by atoms with Gasteiger partial charge in [0, 0.05) is 12.6 Å². The van der Waals surface area contributed by atoms with E-state index in [0.717, 1.165) is 12.5 Å².